The van der Waals surface area contributed by atoms with Gasteiger partial charge in [-0.15, -0.1) is 0 Å². The SMILES string of the molecule is O=c1[nH]cc(Br)c(=O)n1Cl. The number of hydrogen-bond acceptors (Lipinski definition) is 2. The standard InChI is InChI=1S/C4H2BrClN2O2/c5-2-1-7-4(10)8(6)3(2)9/h1H,(H,7,10). The molecule has 0 aromatic carbocycles. The molecule has 0 aliphatic carbocycles. The van der Waals surface area contributed by atoms with E-state index in [4.69, 9.17) is 11.8 Å². The van der Waals surface area contributed by atoms with Crippen LogP contribution >= 0.6 is 27.7 Å². The van der Waals surface area contributed by atoms with Crippen LogP contribution in [0.25, 0.3) is 0 Å². The largest absolute Gasteiger partial charge is 0.343 e. The van der Waals surface area contributed by atoms with Crippen LogP contribution in [0.4, 0.5) is 0 Å². The van der Waals surface area contributed by atoms with E-state index in [9.17, 15) is 9.59 Å². The summed E-state index contributed by atoms with van der Waals surface area (Å²) < 4.78 is 0.687. The number of halogens is 2. The Bertz CT molecular complexity index is 355. The van der Waals surface area contributed by atoms with E-state index in [1.165, 1.54) is 6.20 Å². The summed E-state index contributed by atoms with van der Waals surface area (Å²) >= 11 is 8.11. The Balaban J connectivity index is 3.66. The normalized spacial score (nSPS) is 9.80. The second-order valence-electron chi connectivity index (χ2n) is 1.53. The first-order valence-corrected chi connectivity index (χ1v) is 3.42. The molecule has 0 amide bonds. The van der Waals surface area contributed by atoms with Crippen LogP contribution in [0.15, 0.2) is 20.3 Å². The first-order chi connectivity index (χ1) is 4.63. The van der Waals surface area contributed by atoms with Crippen LogP contribution in [0.3, 0.4) is 0 Å². The molecule has 0 radical (unpaired) electrons. The first kappa shape index (κ1) is 7.56. The monoisotopic (exact) mass is 224 g/mol. The van der Waals surface area contributed by atoms with Crippen molar-refractivity contribution in [2.75, 3.05) is 0 Å². The zero-order valence-corrected chi connectivity index (χ0v) is 6.94. The zero-order valence-electron chi connectivity index (χ0n) is 4.60. The predicted molar refractivity (Wildman–Crippen MR) is 40.3 cm³/mol. The van der Waals surface area contributed by atoms with E-state index in [0.717, 1.165) is 0 Å². The van der Waals surface area contributed by atoms with Gasteiger partial charge in [-0.1, -0.05) is 0 Å². The van der Waals surface area contributed by atoms with E-state index in [0.29, 0.717) is 4.09 Å². The zero-order chi connectivity index (χ0) is 7.72. The molecule has 0 bridgehead atoms. The fourth-order valence-corrected chi connectivity index (χ4v) is 0.963. The van der Waals surface area contributed by atoms with E-state index >= 15 is 0 Å². The van der Waals surface area contributed by atoms with Crippen LogP contribution in [0, 0.1) is 0 Å². The number of aromatic amines is 1. The average Bonchev–Trinajstić information content (AvgIpc) is 1.93. The van der Waals surface area contributed by atoms with Gasteiger partial charge in [-0.2, -0.15) is 4.09 Å². The lowest BCUT2D eigenvalue weighted by Gasteiger charge is -1.90. The summed E-state index contributed by atoms with van der Waals surface area (Å²) in [6, 6.07) is 0. The summed E-state index contributed by atoms with van der Waals surface area (Å²) in [6.45, 7) is 0. The van der Waals surface area contributed by atoms with Gasteiger partial charge in [-0.3, -0.25) is 4.79 Å². The fourth-order valence-electron chi connectivity index (χ4n) is 0.430. The molecule has 0 saturated heterocycles. The van der Waals surface area contributed by atoms with Crippen molar-refractivity contribution >= 4 is 27.7 Å². The predicted octanol–water partition coefficient (Wildman–Crippen LogP) is 0.301. The van der Waals surface area contributed by atoms with Crippen molar-refractivity contribution in [2.24, 2.45) is 0 Å². The van der Waals surface area contributed by atoms with Gasteiger partial charge in [-0.25, -0.2) is 4.79 Å². The van der Waals surface area contributed by atoms with Gasteiger partial charge in [0.1, 0.15) is 4.47 Å². The highest BCUT2D eigenvalue weighted by Gasteiger charge is 2.00. The Morgan fingerprint density at radius 3 is 2.70 bits per heavy atom. The highest BCUT2D eigenvalue weighted by Crippen LogP contribution is 1.95. The Morgan fingerprint density at radius 1 is 1.60 bits per heavy atom. The lowest BCUT2D eigenvalue weighted by molar-refractivity contribution is 0.954. The van der Waals surface area contributed by atoms with E-state index in [1.807, 2.05) is 0 Å². The maximum Gasteiger partial charge on any atom is 0.343 e. The Morgan fingerprint density at radius 2 is 2.20 bits per heavy atom. The number of nitrogens with one attached hydrogen (secondary N) is 1. The molecule has 1 heterocycles. The second-order valence-corrected chi connectivity index (χ2v) is 2.72. The van der Waals surface area contributed by atoms with Crippen molar-refractivity contribution in [3.63, 3.8) is 0 Å². The number of H-pyrrole nitrogens is 1. The summed E-state index contributed by atoms with van der Waals surface area (Å²) in [6.07, 6.45) is 1.24. The third-order valence-electron chi connectivity index (χ3n) is 0.883. The molecule has 0 saturated carbocycles. The van der Waals surface area contributed by atoms with E-state index in [2.05, 4.69) is 20.9 Å². The van der Waals surface area contributed by atoms with Crippen LogP contribution in [-0.4, -0.2) is 9.07 Å². The number of rotatable bonds is 0. The van der Waals surface area contributed by atoms with Crippen molar-refractivity contribution in [3.8, 4) is 0 Å². The Labute approximate surface area is 68.7 Å². The third kappa shape index (κ3) is 1.15. The minimum Gasteiger partial charge on any atom is -0.312 e. The van der Waals surface area contributed by atoms with Gasteiger partial charge in [0.25, 0.3) is 5.56 Å². The van der Waals surface area contributed by atoms with Gasteiger partial charge < -0.3 is 4.98 Å². The molecule has 54 valence electrons. The van der Waals surface area contributed by atoms with Crippen LogP contribution < -0.4 is 11.2 Å². The van der Waals surface area contributed by atoms with E-state index in [-0.39, 0.29) is 4.47 Å². The highest BCUT2D eigenvalue weighted by molar-refractivity contribution is 9.10. The molecule has 0 aliphatic heterocycles. The molecule has 0 aliphatic rings. The van der Waals surface area contributed by atoms with E-state index in [1.54, 1.807) is 0 Å². The number of hydrogen-bond donors (Lipinski definition) is 1. The van der Waals surface area contributed by atoms with Gasteiger partial charge >= 0.3 is 5.69 Å². The molecule has 6 heteroatoms. The van der Waals surface area contributed by atoms with Gasteiger partial charge in [0.15, 0.2) is 0 Å². The number of nitrogens with zero attached hydrogens (tertiary/aromatic N) is 1. The summed E-state index contributed by atoms with van der Waals surface area (Å²) in [7, 11) is 0. The van der Waals surface area contributed by atoms with Gasteiger partial charge in [-0.05, 0) is 15.9 Å². The topological polar surface area (TPSA) is 54.9 Å². The highest BCUT2D eigenvalue weighted by atomic mass is 79.9. The Kier molecular flexibility index (Phi) is 1.96. The minimum atomic E-state index is -0.644. The average molecular weight is 225 g/mol. The molecule has 1 rings (SSSR count). The summed E-state index contributed by atoms with van der Waals surface area (Å²) in [5.74, 6) is 0. The molecule has 1 aromatic rings. The van der Waals surface area contributed by atoms with Crippen LogP contribution in [0.5, 0.6) is 0 Å². The van der Waals surface area contributed by atoms with Crippen molar-refractivity contribution in [3.05, 3.63) is 31.5 Å². The van der Waals surface area contributed by atoms with Crippen LogP contribution in [0.2, 0.25) is 0 Å². The first-order valence-electron chi connectivity index (χ1n) is 2.29. The molecule has 1 aromatic heterocycles. The molecule has 0 spiro atoms. The third-order valence-corrected chi connectivity index (χ3v) is 1.76. The maximum absolute atomic E-state index is 10.8. The molecule has 4 nitrogen and oxygen atoms in total. The molecule has 0 fully saturated rings. The van der Waals surface area contributed by atoms with Crippen molar-refractivity contribution < 1.29 is 0 Å². The van der Waals surface area contributed by atoms with Crippen molar-refractivity contribution in [1.82, 2.24) is 9.07 Å². The minimum absolute atomic E-state index is 0.224. The molecule has 0 unspecified atom stereocenters. The van der Waals surface area contributed by atoms with Gasteiger partial charge in [0, 0.05) is 18.0 Å². The lowest BCUT2D eigenvalue weighted by atomic mass is 10.7. The fraction of sp³-hybridized carbons (Fsp3) is 0. The smallest absolute Gasteiger partial charge is 0.312 e. The van der Waals surface area contributed by atoms with Crippen molar-refractivity contribution in [1.29, 1.82) is 0 Å². The molecular weight excluding hydrogens is 223 g/mol. The second kappa shape index (κ2) is 2.59. The Hall–Kier alpha value is -0.550. The molecule has 1 N–H and O–H groups in total. The van der Waals surface area contributed by atoms with E-state index < -0.39 is 11.2 Å². The van der Waals surface area contributed by atoms with Crippen LogP contribution in [0.1, 0.15) is 0 Å². The van der Waals surface area contributed by atoms with Gasteiger partial charge in [0.05, 0.1) is 0 Å². The summed E-state index contributed by atoms with van der Waals surface area (Å²) in [4.78, 5) is 23.5. The molecule has 0 atom stereocenters. The molecular formula is C4H2BrClN2O2. The molecule has 10 heavy (non-hydrogen) atoms. The maximum atomic E-state index is 10.8. The van der Waals surface area contributed by atoms with Crippen LogP contribution in [-0.2, 0) is 0 Å². The quantitative estimate of drug-likeness (QED) is 0.690. The van der Waals surface area contributed by atoms with Crippen molar-refractivity contribution in [2.45, 2.75) is 0 Å². The summed E-state index contributed by atoms with van der Waals surface area (Å²) in [5.41, 5.74) is -1.21. The van der Waals surface area contributed by atoms with Gasteiger partial charge in [0.2, 0.25) is 0 Å². The number of aromatic nitrogens is 2. The summed E-state index contributed by atoms with van der Waals surface area (Å²) in [5, 5.41) is 0. The lowest BCUT2D eigenvalue weighted by Crippen LogP contribution is -2.28.